The minimum Gasteiger partial charge on any atom is -0.304 e. The van der Waals surface area contributed by atoms with Crippen LogP contribution in [0.1, 0.15) is 25.7 Å². The first-order valence-electron chi connectivity index (χ1n) is 4.03. The molecular weight excluding hydrogens is 176 g/mol. The van der Waals surface area contributed by atoms with Crippen molar-refractivity contribution in [3.63, 3.8) is 0 Å². The summed E-state index contributed by atoms with van der Waals surface area (Å²) in [4.78, 5) is 0. The SMILES string of the molecule is S=C(S)NN1CCCCCC1. The molecule has 0 spiro atoms. The Kier molecular flexibility index (Phi) is 4.18. The van der Waals surface area contributed by atoms with Crippen molar-refractivity contribution in [2.75, 3.05) is 13.1 Å². The van der Waals surface area contributed by atoms with Gasteiger partial charge in [0.15, 0.2) is 0 Å². The molecule has 0 aromatic carbocycles. The van der Waals surface area contributed by atoms with Crippen molar-refractivity contribution < 1.29 is 0 Å². The number of thiocarbonyl (C=S) groups is 1. The number of nitrogens with one attached hydrogen (secondary N) is 1. The molecule has 1 rings (SSSR count). The highest BCUT2D eigenvalue weighted by atomic mass is 32.1. The molecule has 4 heteroatoms. The van der Waals surface area contributed by atoms with E-state index in [1.54, 1.807) is 0 Å². The third-order valence-corrected chi connectivity index (χ3v) is 2.05. The van der Waals surface area contributed by atoms with Crippen LogP contribution in [0.2, 0.25) is 0 Å². The number of hydrogen-bond donors (Lipinski definition) is 2. The highest BCUT2D eigenvalue weighted by Gasteiger charge is 2.07. The molecule has 1 aliphatic rings. The minimum atomic E-state index is 0.576. The van der Waals surface area contributed by atoms with Crippen LogP contribution in [-0.2, 0) is 0 Å². The van der Waals surface area contributed by atoms with E-state index in [9.17, 15) is 0 Å². The lowest BCUT2D eigenvalue weighted by Crippen LogP contribution is -2.39. The third-order valence-electron chi connectivity index (χ3n) is 1.86. The van der Waals surface area contributed by atoms with Crippen LogP contribution in [0.3, 0.4) is 0 Å². The first-order valence-corrected chi connectivity index (χ1v) is 4.89. The van der Waals surface area contributed by atoms with Gasteiger partial charge in [-0.05, 0) is 12.8 Å². The predicted molar refractivity (Wildman–Crippen MR) is 54.8 cm³/mol. The monoisotopic (exact) mass is 190 g/mol. The summed E-state index contributed by atoms with van der Waals surface area (Å²) in [7, 11) is 0. The van der Waals surface area contributed by atoms with Crippen LogP contribution in [0.15, 0.2) is 0 Å². The zero-order valence-corrected chi connectivity index (χ0v) is 8.26. The van der Waals surface area contributed by atoms with Crippen molar-refractivity contribution in [2.24, 2.45) is 0 Å². The maximum atomic E-state index is 4.83. The second-order valence-corrected chi connectivity index (χ2v) is 3.98. The summed E-state index contributed by atoms with van der Waals surface area (Å²) in [6.07, 6.45) is 5.22. The summed E-state index contributed by atoms with van der Waals surface area (Å²) in [6, 6.07) is 0. The second-order valence-electron chi connectivity index (χ2n) is 2.82. The highest BCUT2D eigenvalue weighted by molar-refractivity contribution is 8.11. The Hall–Kier alpha value is 0.200. The average molecular weight is 190 g/mol. The van der Waals surface area contributed by atoms with E-state index in [4.69, 9.17) is 12.2 Å². The molecule has 0 aromatic heterocycles. The largest absolute Gasteiger partial charge is 0.304 e. The molecule has 1 saturated heterocycles. The number of hydrazine groups is 1. The molecule has 0 aromatic rings. The van der Waals surface area contributed by atoms with Gasteiger partial charge in [-0.15, -0.1) is 12.6 Å². The number of hydrogen-bond acceptors (Lipinski definition) is 2. The molecule has 1 aliphatic heterocycles. The molecule has 0 aliphatic carbocycles. The molecule has 64 valence electrons. The lowest BCUT2D eigenvalue weighted by molar-refractivity contribution is 0.249. The first-order chi connectivity index (χ1) is 5.29. The average Bonchev–Trinajstić information content (AvgIpc) is 2.14. The van der Waals surface area contributed by atoms with E-state index >= 15 is 0 Å². The van der Waals surface area contributed by atoms with E-state index in [-0.39, 0.29) is 0 Å². The molecule has 1 N–H and O–H groups in total. The van der Waals surface area contributed by atoms with Gasteiger partial charge < -0.3 is 5.43 Å². The summed E-state index contributed by atoms with van der Waals surface area (Å²) in [5.41, 5.74) is 3.05. The van der Waals surface area contributed by atoms with Crippen LogP contribution in [-0.4, -0.2) is 22.4 Å². The van der Waals surface area contributed by atoms with Gasteiger partial charge in [-0.2, -0.15) is 0 Å². The molecule has 1 fully saturated rings. The van der Waals surface area contributed by atoms with Crippen LogP contribution < -0.4 is 5.43 Å². The second kappa shape index (κ2) is 4.95. The van der Waals surface area contributed by atoms with Crippen LogP contribution in [0.4, 0.5) is 0 Å². The molecule has 0 unspecified atom stereocenters. The van der Waals surface area contributed by atoms with E-state index in [1.807, 2.05) is 0 Å². The Morgan fingerprint density at radius 1 is 1.18 bits per heavy atom. The fraction of sp³-hybridized carbons (Fsp3) is 0.857. The zero-order valence-electron chi connectivity index (χ0n) is 6.55. The number of nitrogens with zero attached hydrogens (tertiary/aromatic N) is 1. The first kappa shape index (κ1) is 9.29. The van der Waals surface area contributed by atoms with E-state index in [2.05, 4.69) is 23.1 Å². The van der Waals surface area contributed by atoms with Gasteiger partial charge >= 0.3 is 0 Å². The third kappa shape index (κ3) is 3.94. The highest BCUT2D eigenvalue weighted by Crippen LogP contribution is 2.07. The zero-order chi connectivity index (χ0) is 8.10. The van der Waals surface area contributed by atoms with Crippen molar-refractivity contribution in [3.05, 3.63) is 0 Å². The molecule has 0 saturated carbocycles. The molecule has 0 amide bonds. The number of rotatable bonds is 1. The summed E-state index contributed by atoms with van der Waals surface area (Å²) >= 11 is 8.85. The Bertz CT molecular complexity index is 130. The summed E-state index contributed by atoms with van der Waals surface area (Å²) in [6.45, 7) is 2.20. The Morgan fingerprint density at radius 2 is 1.73 bits per heavy atom. The van der Waals surface area contributed by atoms with Crippen LogP contribution >= 0.6 is 24.8 Å². The van der Waals surface area contributed by atoms with Crippen LogP contribution in [0.25, 0.3) is 0 Å². The van der Waals surface area contributed by atoms with Crippen LogP contribution in [0, 0.1) is 0 Å². The van der Waals surface area contributed by atoms with Gasteiger partial charge in [0, 0.05) is 13.1 Å². The van der Waals surface area contributed by atoms with Gasteiger partial charge in [0.2, 0.25) is 0 Å². The summed E-state index contributed by atoms with van der Waals surface area (Å²) in [5.74, 6) is 0. The quantitative estimate of drug-likeness (QED) is 0.482. The fourth-order valence-electron chi connectivity index (χ4n) is 1.32. The smallest absolute Gasteiger partial charge is 0.145 e. The maximum absolute atomic E-state index is 4.83. The molecule has 2 nitrogen and oxygen atoms in total. The Labute approximate surface area is 78.7 Å². The Balaban J connectivity index is 2.25. The van der Waals surface area contributed by atoms with Gasteiger partial charge in [0.1, 0.15) is 4.32 Å². The van der Waals surface area contributed by atoms with Crippen molar-refractivity contribution in [1.82, 2.24) is 10.4 Å². The molecule has 0 bridgehead atoms. The van der Waals surface area contributed by atoms with Gasteiger partial charge in [0.05, 0.1) is 0 Å². The summed E-state index contributed by atoms with van der Waals surface area (Å²) in [5, 5.41) is 2.16. The van der Waals surface area contributed by atoms with E-state index < -0.39 is 0 Å². The van der Waals surface area contributed by atoms with Crippen LogP contribution in [0.5, 0.6) is 0 Å². The maximum Gasteiger partial charge on any atom is 0.145 e. The molecule has 0 atom stereocenters. The van der Waals surface area contributed by atoms with Crippen molar-refractivity contribution in [1.29, 1.82) is 0 Å². The fourth-order valence-corrected chi connectivity index (χ4v) is 1.59. The number of thiol groups is 1. The normalized spacial score (nSPS) is 20.8. The van der Waals surface area contributed by atoms with Gasteiger partial charge in [0.25, 0.3) is 0 Å². The van der Waals surface area contributed by atoms with Gasteiger partial charge in [-0.3, -0.25) is 0 Å². The molecule has 0 radical (unpaired) electrons. The predicted octanol–water partition coefficient (Wildman–Crippen LogP) is 1.58. The van der Waals surface area contributed by atoms with E-state index in [0.29, 0.717) is 4.32 Å². The lowest BCUT2D eigenvalue weighted by atomic mass is 10.2. The minimum absolute atomic E-state index is 0.576. The molecule has 11 heavy (non-hydrogen) atoms. The molecule has 1 heterocycles. The van der Waals surface area contributed by atoms with Gasteiger partial charge in [-0.25, -0.2) is 5.01 Å². The Morgan fingerprint density at radius 3 is 2.18 bits per heavy atom. The topological polar surface area (TPSA) is 15.3 Å². The van der Waals surface area contributed by atoms with Crippen molar-refractivity contribution >= 4 is 29.2 Å². The summed E-state index contributed by atoms with van der Waals surface area (Å²) < 4.78 is 0.576. The van der Waals surface area contributed by atoms with Crippen molar-refractivity contribution in [3.8, 4) is 0 Å². The lowest BCUT2D eigenvalue weighted by Gasteiger charge is -2.20. The molecular formula is C7H14N2S2. The van der Waals surface area contributed by atoms with E-state index in [1.165, 1.54) is 25.7 Å². The van der Waals surface area contributed by atoms with E-state index in [0.717, 1.165) is 13.1 Å². The van der Waals surface area contributed by atoms with Gasteiger partial charge in [-0.1, -0.05) is 25.1 Å². The van der Waals surface area contributed by atoms with Crippen molar-refractivity contribution in [2.45, 2.75) is 25.7 Å². The standard InChI is InChI=1S/C7H14N2S2/c10-7(11)8-9-5-3-1-2-4-6-9/h1-6H2,(H2,8,10,11).